The molecular formula is C16H28IN3O2. The molecule has 1 aromatic carbocycles. The van der Waals surface area contributed by atoms with Crippen LogP contribution in [0, 0.1) is 6.92 Å². The summed E-state index contributed by atoms with van der Waals surface area (Å²) < 4.78 is 10.9. The van der Waals surface area contributed by atoms with Crippen LogP contribution >= 0.6 is 24.0 Å². The van der Waals surface area contributed by atoms with Gasteiger partial charge in [-0.25, -0.2) is 0 Å². The molecule has 1 aromatic rings. The van der Waals surface area contributed by atoms with Crippen molar-refractivity contribution in [2.24, 2.45) is 10.7 Å². The lowest BCUT2D eigenvalue weighted by molar-refractivity contribution is 0.145. The van der Waals surface area contributed by atoms with Crippen molar-refractivity contribution in [3.63, 3.8) is 0 Å². The van der Waals surface area contributed by atoms with Gasteiger partial charge in [0.2, 0.25) is 0 Å². The van der Waals surface area contributed by atoms with Crippen molar-refractivity contribution in [2.75, 3.05) is 32.9 Å². The predicted molar refractivity (Wildman–Crippen MR) is 102 cm³/mol. The normalized spacial score (nSPS) is 10.9. The molecule has 0 aliphatic heterocycles. The van der Waals surface area contributed by atoms with Crippen LogP contribution in [0.2, 0.25) is 0 Å². The number of aliphatic imine (C=N–C) groups is 1. The Morgan fingerprint density at radius 1 is 1.18 bits per heavy atom. The molecule has 0 saturated heterocycles. The van der Waals surface area contributed by atoms with Gasteiger partial charge in [0.15, 0.2) is 5.96 Å². The second-order valence-corrected chi connectivity index (χ2v) is 4.76. The Bertz CT molecular complexity index is 410. The van der Waals surface area contributed by atoms with Crippen LogP contribution in [0.3, 0.4) is 0 Å². The SMILES string of the molecule is CCOCCCNC(N)=NCCCOc1ccc(C)cc1.I. The molecule has 0 heterocycles. The first-order valence-electron chi connectivity index (χ1n) is 7.53. The fourth-order valence-electron chi connectivity index (χ4n) is 1.68. The number of guanidine groups is 1. The fourth-order valence-corrected chi connectivity index (χ4v) is 1.68. The highest BCUT2D eigenvalue weighted by Crippen LogP contribution is 2.11. The van der Waals surface area contributed by atoms with Crippen LogP contribution in [0.25, 0.3) is 0 Å². The van der Waals surface area contributed by atoms with E-state index in [4.69, 9.17) is 15.2 Å². The standard InChI is InChI=1S/C16H27N3O2.HI/c1-3-20-12-4-10-18-16(17)19-11-5-13-21-15-8-6-14(2)7-9-15;/h6-9H,3-5,10-13H2,1-2H3,(H3,17,18,19);1H. The number of aryl methyl sites for hydroxylation is 1. The maximum Gasteiger partial charge on any atom is 0.188 e. The average molecular weight is 421 g/mol. The maximum atomic E-state index is 5.76. The molecule has 0 bridgehead atoms. The first-order chi connectivity index (χ1) is 10.2. The summed E-state index contributed by atoms with van der Waals surface area (Å²) in [4.78, 5) is 4.25. The van der Waals surface area contributed by atoms with Gasteiger partial charge >= 0.3 is 0 Å². The van der Waals surface area contributed by atoms with Gasteiger partial charge in [-0.3, -0.25) is 4.99 Å². The number of benzene rings is 1. The number of hydrogen-bond acceptors (Lipinski definition) is 3. The highest BCUT2D eigenvalue weighted by atomic mass is 127. The maximum absolute atomic E-state index is 5.76. The summed E-state index contributed by atoms with van der Waals surface area (Å²) in [5, 5.41) is 3.06. The van der Waals surface area contributed by atoms with Gasteiger partial charge in [-0.05, 0) is 32.4 Å². The minimum Gasteiger partial charge on any atom is -0.494 e. The van der Waals surface area contributed by atoms with Gasteiger partial charge in [-0.2, -0.15) is 0 Å². The van der Waals surface area contributed by atoms with Gasteiger partial charge in [0.25, 0.3) is 0 Å². The monoisotopic (exact) mass is 421 g/mol. The van der Waals surface area contributed by atoms with Crippen molar-refractivity contribution in [1.29, 1.82) is 0 Å². The summed E-state index contributed by atoms with van der Waals surface area (Å²) in [6, 6.07) is 8.04. The van der Waals surface area contributed by atoms with Crippen molar-refractivity contribution >= 4 is 29.9 Å². The molecule has 0 aliphatic carbocycles. The molecule has 0 aromatic heterocycles. The molecule has 0 fully saturated rings. The van der Waals surface area contributed by atoms with E-state index >= 15 is 0 Å². The smallest absolute Gasteiger partial charge is 0.188 e. The van der Waals surface area contributed by atoms with Gasteiger partial charge in [0, 0.05) is 32.7 Å². The molecule has 5 nitrogen and oxygen atoms in total. The van der Waals surface area contributed by atoms with Crippen molar-refractivity contribution < 1.29 is 9.47 Å². The third-order valence-electron chi connectivity index (χ3n) is 2.85. The van der Waals surface area contributed by atoms with Gasteiger partial charge in [-0.15, -0.1) is 24.0 Å². The number of nitrogens with two attached hydrogens (primary N) is 1. The minimum atomic E-state index is 0. The molecule has 6 heteroatoms. The third-order valence-corrected chi connectivity index (χ3v) is 2.85. The molecule has 0 radical (unpaired) electrons. The molecule has 0 aliphatic rings. The fraction of sp³-hybridized carbons (Fsp3) is 0.562. The van der Waals surface area contributed by atoms with Gasteiger partial charge in [-0.1, -0.05) is 17.7 Å². The van der Waals surface area contributed by atoms with E-state index in [2.05, 4.69) is 17.2 Å². The number of ether oxygens (including phenoxy) is 2. The van der Waals surface area contributed by atoms with E-state index in [-0.39, 0.29) is 24.0 Å². The second-order valence-electron chi connectivity index (χ2n) is 4.76. The van der Waals surface area contributed by atoms with Crippen LogP contribution < -0.4 is 15.8 Å². The largest absolute Gasteiger partial charge is 0.494 e. The van der Waals surface area contributed by atoms with E-state index in [0.29, 0.717) is 19.1 Å². The Morgan fingerprint density at radius 3 is 2.59 bits per heavy atom. The predicted octanol–water partition coefficient (Wildman–Crippen LogP) is 2.71. The Balaban J connectivity index is 0.00000441. The topological polar surface area (TPSA) is 68.9 Å². The van der Waals surface area contributed by atoms with Gasteiger partial charge in [0.05, 0.1) is 6.61 Å². The van der Waals surface area contributed by atoms with Crippen molar-refractivity contribution in [3.8, 4) is 5.75 Å². The molecule has 3 N–H and O–H groups in total. The Labute approximate surface area is 150 Å². The van der Waals surface area contributed by atoms with Crippen LogP contribution in [-0.4, -0.2) is 38.9 Å². The summed E-state index contributed by atoms with van der Waals surface area (Å²) >= 11 is 0. The van der Waals surface area contributed by atoms with Crippen LogP contribution in [-0.2, 0) is 4.74 Å². The Hall–Kier alpha value is -1.02. The van der Waals surface area contributed by atoms with Crippen molar-refractivity contribution in [2.45, 2.75) is 26.7 Å². The summed E-state index contributed by atoms with van der Waals surface area (Å²) in [5.74, 6) is 1.38. The number of nitrogens with one attached hydrogen (secondary N) is 1. The molecule has 0 unspecified atom stereocenters. The highest BCUT2D eigenvalue weighted by Gasteiger charge is 1.94. The van der Waals surface area contributed by atoms with E-state index in [1.165, 1.54) is 5.56 Å². The third kappa shape index (κ3) is 10.7. The summed E-state index contributed by atoms with van der Waals surface area (Å²) in [6.07, 6.45) is 1.77. The zero-order valence-corrected chi connectivity index (χ0v) is 15.8. The quantitative estimate of drug-likeness (QED) is 0.264. The van der Waals surface area contributed by atoms with E-state index in [1.807, 2.05) is 31.2 Å². The lowest BCUT2D eigenvalue weighted by Gasteiger charge is -2.07. The molecule has 126 valence electrons. The summed E-state index contributed by atoms with van der Waals surface area (Å²) in [7, 11) is 0. The lowest BCUT2D eigenvalue weighted by atomic mass is 10.2. The van der Waals surface area contributed by atoms with Crippen LogP contribution in [0.4, 0.5) is 0 Å². The van der Waals surface area contributed by atoms with Crippen LogP contribution in [0.1, 0.15) is 25.3 Å². The van der Waals surface area contributed by atoms with Crippen LogP contribution in [0.5, 0.6) is 5.75 Å². The van der Waals surface area contributed by atoms with E-state index in [1.54, 1.807) is 0 Å². The lowest BCUT2D eigenvalue weighted by Crippen LogP contribution is -2.33. The van der Waals surface area contributed by atoms with Crippen molar-refractivity contribution in [1.82, 2.24) is 5.32 Å². The highest BCUT2D eigenvalue weighted by molar-refractivity contribution is 14.0. The first kappa shape index (κ1) is 21.0. The Kier molecular flexibility index (Phi) is 13.0. The average Bonchev–Trinajstić information content (AvgIpc) is 2.48. The van der Waals surface area contributed by atoms with E-state index in [0.717, 1.165) is 38.3 Å². The summed E-state index contributed by atoms with van der Waals surface area (Å²) in [6.45, 7) is 7.64. The molecule has 0 spiro atoms. The zero-order chi connectivity index (χ0) is 15.3. The van der Waals surface area contributed by atoms with Crippen LogP contribution in [0.15, 0.2) is 29.3 Å². The van der Waals surface area contributed by atoms with E-state index in [9.17, 15) is 0 Å². The first-order valence-corrected chi connectivity index (χ1v) is 7.53. The number of hydrogen-bond donors (Lipinski definition) is 2. The molecule has 0 amide bonds. The summed E-state index contributed by atoms with van der Waals surface area (Å²) in [5.41, 5.74) is 6.99. The minimum absolute atomic E-state index is 0. The molecule has 0 atom stereocenters. The molecule has 1 rings (SSSR count). The molecule has 0 saturated carbocycles. The van der Waals surface area contributed by atoms with Crippen molar-refractivity contribution in [3.05, 3.63) is 29.8 Å². The zero-order valence-electron chi connectivity index (χ0n) is 13.5. The molecular weight excluding hydrogens is 393 g/mol. The van der Waals surface area contributed by atoms with Gasteiger partial charge < -0.3 is 20.5 Å². The van der Waals surface area contributed by atoms with Gasteiger partial charge in [0.1, 0.15) is 5.75 Å². The van der Waals surface area contributed by atoms with E-state index < -0.39 is 0 Å². The number of nitrogens with zero attached hydrogens (tertiary/aromatic N) is 1. The number of halogens is 1. The second kappa shape index (κ2) is 13.6. The number of rotatable bonds is 10. The molecule has 22 heavy (non-hydrogen) atoms. The Morgan fingerprint density at radius 2 is 1.91 bits per heavy atom.